The van der Waals surface area contributed by atoms with Crippen LogP contribution in [0, 0.1) is 0 Å². The average Bonchev–Trinajstić information content (AvgIpc) is 2.85. The van der Waals surface area contributed by atoms with Crippen LogP contribution in [-0.2, 0) is 10.0 Å². The lowest BCUT2D eigenvalue weighted by Gasteiger charge is -2.11. The lowest BCUT2D eigenvalue weighted by atomic mass is 9.98. The molecule has 6 nitrogen and oxygen atoms in total. The molecule has 0 radical (unpaired) electrons. The van der Waals surface area contributed by atoms with Gasteiger partial charge in [0.25, 0.3) is 15.9 Å². The normalized spacial score (nSPS) is 10.9. The molecule has 0 saturated heterocycles. The summed E-state index contributed by atoms with van der Waals surface area (Å²) in [4.78, 5) is 25.9. The third-order valence-electron chi connectivity index (χ3n) is 4.90. The summed E-state index contributed by atoms with van der Waals surface area (Å²) in [5, 5.41) is 2.76. The number of carbonyl (C=O) groups is 2. The van der Waals surface area contributed by atoms with Gasteiger partial charge in [-0.25, -0.2) is 8.42 Å². The highest BCUT2D eigenvalue weighted by molar-refractivity contribution is 7.92. The Bertz CT molecular complexity index is 1390. The number of hydrogen-bond donors (Lipinski definition) is 2. The third-order valence-corrected chi connectivity index (χ3v) is 6.30. The SMILES string of the molecule is O=C(Nc1ccc(NS(=O)(=O)c2ccccc2)cc1)c1ccccc1C(=O)c1ccccc1. The molecule has 0 aliphatic carbocycles. The van der Waals surface area contributed by atoms with Gasteiger partial charge in [0, 0.05) is 22.5 Å². The Labute approximate surface area is 192 Å². The second-order valence-corrected chi connectivity index (χ2v) is 8.87. The minimum Gasteiger partial charge on any atom is -0.322 e. The molecular formula is C26H20N2O4S. The number of benzene rings is 4. The van der Waals surface area contributed by atoms with Crippen LogP contribution in [0.15, 0.2) is 114 Å². The van der Waals surface area contributed by atoms with Gasteiger partial charge in [0.2, 0.25) is 0 Å². The molecule has 7 heteroatoms. The van der Waals surface area contributed by atoms with Crippen molar-refractivity contribution in [1.29, 1.82) is 0 Å². The lowest BCUT2D eigenvalue weighted by Crippen LogP contribution is -2.17. The Kier molecular flexibility index (Phi) is 6.33. The van der Waals surface area contributed by atoms with Crippen molar-refractivity contribution in [1.82, 2.24) is 0 Å². The maximum absolute atomic E-state index is 12.9. The van der Waals surface area contributed by atoms with E-state index in [1.807, 2.05) is 6.07 Å². The number of hydrogen-bond acceptors (Lipinski definition) is 4. The second kappa shape index (κ2) is 9.50. The molecular weight excluding hydrogens is 436 g/mol. The number of carbonyl (C=O) groups excluding carboxylic acids is 2. The number of rotatable bonds is 7. The topological polar surface area (TPSA) is 92.3 Å². The van der Waals surface area contributed by atoms with Crippen LogP contribution in [0.3, 0.4) is 0 Å². The smallest absolute Gasteiger partial charge is 0.261 e. The summed E-state index contributed by atoms with van der Waals surface area (Å²) in [6.45, 7) is 0. The molecule has 164 valence electrons. The monoisotopic (exact) mass is 456 g/mol. The van der Waals surface area contributed by atoms with Gasteiger partial charge in [-0.15, -0.1) is 0 Å². The van der Waals surface area contributed by atoms with Gasteiger partial charge in [0.1, 0.15) is 0 Å². The molecule has 33 heavy (non-hydrogen) atoms. The largest absolute Gasteiger partial charge is 0.322 e. The Morgan fingerprint density at radius 3 is 1.73 bits per heavy atom. The van der Waals surface area contributed by atoms with Gasteiger partial charge in [-0.05, 0) is 42.5 Å². The average molecular weight is 457 g/mol. The number of sulfonamides is 1. The molecule has 0 saturated carbocycles. The van der Waals surface area contributed by atoms with Crippen LogP contribution in [0.2, 0.25) is 0 Å². The van der Waals surface area contributed by atoms with E-state index in [1.165, 1.54) is 12.1 Å². The van der Waals surface area contributed by atoms with Crippen molar-refractivity contribution < 1.29 is 18.0 Å². The fourth-order valence-corrected chi connectivity index (χ4v) is 4.34. The number of anilines is 2. The molecule has 0 aromatic heterocycles. The number of ketones is 1. The maximum atomic E-state index is 12.9. The Hall–Kier alpha value is -4.23. The molecule has 0 unspecified atom stereocenters. The number of amides is 1. The van der Waals surface area contributed by atoms with Crippen molar-refractivity contribution in [2.75, 3.05) is 10.0 Å². The van der Waals surface area contributed by atoms with Crippen LogP contribution in [-0.4, -0.2) is 20.1 Å². The molecule has 4 rings (SSSR count). The summed E-state index contributed by atoms with van der Waals surface area (Å²) in [5.74, 6) is -0.681. The minimum absolute atomic E-state index is 0.155. The van der Waals surface area contributed by atoms with Gasteiger partial charge < -0.3 is 5.32 Å². The molecule has 0 aliphatic rings. The first-order valence-corrected chi connectivity index (χ1v) is 11.6. The molecule has 0 bridgehead atoms. The van der Waals surface area contributed by atoms with Crippen molar-refractivity contribution >= 4 is 33.1 Å². The van der Waals surface area contributed by atoms with E-state index in [-0.39, 0.29) is 16.2 Å². The fraction of sp³-hybridized carbons (Fsp3) is 0. The van der Waals surface area contributed by atoms with E-state index in [9.17, 15) is 18.0 Å². The predicted molar refractivity (Wildman–Crippen MR) is 128 cm³/mol. The van der Waals surface area contributed by atoms with Crippen LogP contribution in [0.1, 0.15) is 26.3 Å². The maximum Gasteiger partial charge on any atom is 0.261 e. The first kappa shape index (κ1) is 22.0. The van der Waals surface area contributed by atoms with Gasteiger partial charge in [-0.2, -0.15) is 0 Å². The zero-order valence-electron chi connectivity index (χ0n) is 17.4. The van der Waals surface area contributed by atoms with Crippen molar-refractivity contribution in [2.45, 2.75) is 4.90 Å². The Balaban J connectivity index is 1.49. The summed E-state index contributed by atoms with van der Waals surface area (Å²) in [7, 11) is -3.71. The standard InChI is InChI=1S/C26H20N2O4S/c29-25(19-9-3-1-4-10-19)23-13-7-8-14-24(23)26(30)27-20-15-17-21(18-16-20)28-33(31,32)22-11-5-2-6-12-22/h1-18,28H,(H,27,30). The first-order chi connectivity index (χ1) is 15.9. The summed E-state index contributed by atoms with van der Waals surface area (Å²) in [6.07, 6.45) is 0. The molecule has 0 aliphatic heterocycles. The Morgan fingerprint density at radius 1 is 0.576 bits per heavy atom. The van der Waals surface area contributed by atoms with Gasteiger partial charge in [0.15, 0.2) is 5.78 Å². The van der Waals surface area contributed by atoms with E-state index in [4.69, 9.17) is 0 Å². The Morgan fingerprint density at radius 2 is 1.09 bits per heavy atom. The fourth-order valence-electron chi connectivity index (χ4n) is 3.26. The zero-order valence-corrected chi connectivity index (χ0v) is 18.3. The van der Waals surface area contributed by atoms with Crippen LogP contribution < -0.4 is 10.0 Å². The summed E-state index contributed by atoms with van der Waals surface area (Å²) < 4.78 is 27.4. The van der Waals surface area contributed by atoms with Gasteiger partial charge in [-0.3, -0.25) is 14.3 Å². The molecule has 4 aromatic rings. The number of nitrogens with one attached hydrogen (secondary N) is 2. The third kappa shape index (κ3) is 5.16. The van der Waals surface area contributed by atoms with E-state index < -0.39 is 15.9 Å². The van der Waals surface area contributed by atoms with Crippen LogP contribution >= 0.6 is 0 Å². The molecule has 0 heterocycles. The molecule has 0 atom stereocenters. The zero-order chi connectivity index (χ0) is 23.3. The highest BCUT2D eigenvalue weighted by Gasteiger charge is 2.18. The van der Waals surface area contributed by atoms with Crippen LogP contribution in [0.4, 0.5) is 11.4 Å². The predicted octanol–water partition coefficient (Wildman–Crippen LogP) is 4.97. The van der Waals surface area contributed by atoms with Gasteiger partial charge in [-0.1, -0.05) is 66.7 Å². The highest BCUT2D eigenvalue weighted by Crippen LogP contribution is 2.20. The van der Waals surface area contributed by atoms with Crippen LogP contribution in [0.5, 0.6) is 0 Å². The molecule has 0 spiro atoms. The highest BCUT2D eigenvalue weighted by atomic mass is 32.2. The molecule has 1 amide bonds. The van der Waals surface area contributed by atoms with Crippen LogP contribution in [0.25, 0.3) is 0 Å². The molecule has 0 fully saturated rings. The van der Waals surface area contributed by atoms with Gasteiger partial charge >= 0.3 is 0 Å². The minimum atomic E-state index is -3.71. The van der Waals surface area contributed by atoms with E-state index in [0.717, 1.165) is 0 Å². The molecule has 4 aromatic carbocycles. The van der Waals surface area contributed by atoms with Crippen molar-refractivity contribution in [3.8, 4) is 0 Å². The van der Waals surface area contributed by atoms with E-state index in [2.05, 4.69) is 10.0 Å². The summed E-state index contributed by atoms with van der Waals surface area (Å²) in [6, 6.07) is 29.7. The first-order valence-electron chi connectivity index (χ1n) is 10.1. The van der Waals surface area contributed by atoms with E-state index >= 15 is 0 Å². The van der Waals surface area contributed by atoms with Crippen molar-refractivity contribution in [3.63, 3.8) is 0 Å². The van der Waals surface area contributed by atoms with E-state index in [1.54, 1.807) is 91.0 Å². The van der Waals surface area contributed by atoms with E-state index in [0.29, 0.717) is 22.5 Å². The van der Waals surface area contributed by atoms with Gasteiger partial charge in [0.05, 0.1) is 10.5 Å². The van der Waals surface area contributed by atoms with Crippen molar-refractivity contribution in [2.24, 2.45) is 0 Å². The lowest BCUT2D eigenvalue weighted by molar-refractivity contribution is 0.0996. The summed E-state index contributed by atoms with van der Waals surface area (Å²) in [5.41, 5.74) is 1.86. The van der Waals surface area contributed by atoms with Crippen molar-refractivity contribution in [3.05, 3.63) is 126 Å². The summed E-state index contributed by atoms with van der Waals surface area (Å²) >= 11 is 0. The quantitative estimate of drug-likeness (QED) is 0.384. The molecule has 2 N–H and O–H groups in total. The second-order valence-electron chi connectivity index (χ2n) is 7.19.